The molecule has 0 atom stereocenters. The van der Waals surface area contributed by atoms with E-state index in [1.54, 1.807) is 25.3 Å². The highest BCUT2D eigenvalue weighted by Crippen LogP contribution is 2.29. The maximum atomic E-state index is 13.3. The van der Waals surface area contributed by atoms with Crippen molar-refractivity contribution in [2.24, 2.45) is 5.10 Å². The Labute approximate surface area is 169 Å². The van der Waals surface area contributed by atoms with Crippen molar-refractivity contribution >= 4 is 27.1 Å². The molecule has 29 heavy (non-hydrogen) atoms. The maximum absolute atomic E-state index is 13.3. The van der Waals surface area contributed by atoms with Crippen molar-refractivity contribution in [3.63, 3.8) is 0 Å². The van der Waals surface area contributed by atoms with E-state index in [-0.39, 0.29) is 4.90 Å². The van der Waals surface area contributed by atoms with Crippen LogP contribution in [0, 0.1) is 12.7 Å². The predicted octanol–water partition coefficient (Wildman–Crippen LogP) is 2.91. The molecule has 1 saturated heterocycles. The number of hydrazone groups is 1. The zero-order valence-corrected chi connectivity index (χ0v) is 17.2. The quantitative estimate of drug-likeness (QED) is 0.616. The monoisotopic (exact) mass is 414 g/mol. The molecule has 0 N–H and O–H groups in total. The molecule has 2 aromatic carbocycles. The Balaban J connectivity index is 1.80. The predicted molar refractivity (Wildman–Crippen MR) is 112 cm³/mol. The number of likely N-dealkylation sites (N-methyl/N-ethyl adjacent to an activating group) is 1. The van der Waals surface area contributed by atoms with Gasteiger partial charge in [-0.2, -0.15) is 5.10 Å². The average molecular weight is 415 g/mol. The summed E-state index contributed by atoms with van der Waals surface area (Å²) in [5, 5.41) is 7.42. The van der Waals surface area contributed by atoms with E-state index >= 15 is 0 Å². The Morgan fingerprint density at radius 2 is 1.66 bits per heavy atom. The number of hydrogen-bond acceptors (Lipinski definition) is 5. The van der Waals surface area contributed by atoms with Gasteiger partial charge in [-0.05, 0) is 44.3 Å². The van der Waals surface area contributed by atoms with E-state index in [2.05, 4.69) is 17.0 Å². The Morgan fingerprint density at radius 1 is 1.00 bits per heavy atom. The molecule has 0 radical (unpaired) electrons. The second-order valence-electron chi connectivity index (χ2n) is 7.24. The van der Waals surface area contributed by atoms with E-state index in [1.807, 2.05) is 17.1 Å². The van der Waals surface area contributed by atoms with Crippen LogP contribution in [0.25, 0.3) is 10.9 Å². The number of piperazine rings is 1. The van der Waals surface area contributed by atoms with Crippen LogP contribution in [0.4, 0.5) is 4.39 Å². The minimum Gasteiger partial charge on any atom is -0.303 e. The van der Waals surface area contributed by atoms with Crippen molar-refractivity contribution in [1.29, 1.82) is 0 Å². The molecule has 0 bridgehead atoms. The number of hydrogen-bond donors (Lipinski definition) is 0. The molecule has 0 spiro atoms. The van der Waals surface area contributed by atoms with Crippen LogP contribution in [0.1, 0.15) is 11.3 Å². The van der Waals surface area contributed by atoms with Gasteiger partial charge in [0.2, 0.25) is 0 Å². The third-order valence-electron chi connectivity index (χ3n) is 5.29. The van der Waals surface area contributed by atoms with Gasteiger partial charge in [-0.15, -0.1) is 0 Å². The summed E-state index contributed by atoms with van der Waals surface area (Å²) in [5.74, 6) is -0.474. The third-order valence-corrected chi connectivity index (χ3v) is 7.11. The molecule has 0 saturated carbocycles. The Bertz CT molecular complexity index is 1160. The molecular weight excluding hydrogens is 391 g/mol. The largest absolute Gasteiger partial charge is 0.303 e. The van der Waals surface area contributed by atoms with Crippen LogP contribution in [0.3, 0.4) is 0 Å². The van der Waals surface area contributed by atoms with Gasteiger partial charge in [0.25, 0.3) is 10.0 Å². The van der Waals surface area contributed by atoms with Gasteiger partial charge in [-0.25, -0.2) is 16.8 Å². The summed E-state index contributed by atoms with van der Waals surface area (Å²) in [4.78, 5) is 2.30. The molecule has 0 amide bonds. The van der Waals surface area contributed by atoms with Crippen LogP contribution in [-0.4, -0.2) is 61.7 Å². The molecule has 1 aliphatic rings. The lowest BCUT2D eigenvalue weighted by molar-refractivity contribution is 0.159. The molecule has 0 unspecified atom stereocenters. The summed E-state index contributed by atoms with van der Waals surface area (Å²) in [5.41, 5.74) is 1.92. The lowest BCUT2D eigenvalue weighted by Crippen LogP contribution is -2.41. The fourth-order valence-corrected chi connectivity index (χ4v) is 5.17. The second kappa shape index (κ2) is 7.61. The van der Waals surface area contributed by atoms with E-state index in [1.165, 1.54) is 16.1 Å². The van der Waals surface area contributed by atoms with Gasteiger partial charge in [0.15, 0.2) is 0 Å². The number of nitrogens with zero attached hydrogens (tertiary/aromatic N) is 4. The number of fused-ring (bicyclic) bond motifs is 1. The lowest BCUT2D eigenvalue weighted by atomic mass is 10.1. The molecule has 1 aromatic heterocycles. The smallest absolute Gasteiger partial charge is 0.268 e. The summed E-state index contributed by atoms with van der Waals surface area (Å²) < 4.78 is 41.2. The summed E-state index contributed by atoms with van der Waals surface area (Å²) in [6, 6.07) is 12.2. The molecule has 152 valence electrons. The molecule has 0 aliphatic carbocycles. The van der Waals surface area contributed by atoms with Gasteiger partial charge in [-0.1, -0.05) is 18.2 Å². The van der Waals surface area contributed by atoms with Crippen molar-refractivity contribution in [2.75, 3.05) is 33.2 Å². The summed E-state index contributed by atoms with van der Waals surface area (Å²) in [7, 11) is -1.79. The maximum Gasteiger partial charge on any atom is 0.268 e. The molecular formula is C21H23FN4O2S. The third kappa shape index (κ3) is 3.65. The topological polar surface area (TPSA) is 57.9 Å². The van der Waals surface area contributed by atoms with Crippen LogP contribution in [-0.2, 0) is 10.0 Å². The molecule has 3 aromatic rings. The van der Waals surface area contributed by atoms with E-state index in [9.17, 15) is 12.8 Å². The Kier molecular flexibility index (Phi) is 5.14. The first-order valence-corrected chi connectivity index (χ1v) is 10.9. The highest BCUT2D eigenvalue weighted by Gasteiger charge is 2.24. The van der Waals surface area contributed by atoms with Gasteiger partial charge in [-0.3, -0.25) is 5.01 Å². The van der Waals surface area contributed by atoms with Gasteiger partial charge in [0.1, 0.15) is 5.82 Å². The van der Waals surface area contributed by atoms with E-state index < -0.39 is 15.8 Å². The highest BCUT2D eigenvalue weighted by atomic mass is 32.2. The van der Waals surface area contributed by atoms with E-state index in [4.69, 9.17) is 0 Å². The fourth-order valence-electron chi connectivity index (χ4n) is 3.60. The minimum absolute atomic E-state index is 0.0466. The minimum atomic E-state index is -3.87. The van der Waals surface area contributed by atoms with Crippen molar-refractivity contribution < 1.29 is 12.8 Å². The molecule has 2 heterocycles. The van der Waals surface area contributed by atoms with Gasteiger partial charge in [0.05, 0.1) is 16.6 Å². The van der Waals surface area contributed by atoms with Crippen molar-refractivity contribution in [1.82, 2.24) is 13.9 Å². The molecule has 1 fully saturated rings. The second-order valence-corrected chi connectivity index (χ2v) is 9.03. The van der Waals surface area contributed by atoms with Crippen LogP contribution in [0.2, 0.25) is 0 Å². The summed E-state index contributed by atoms with van der Waals surface area (Å²) >= 11 is 0. The number of benzene rings is 2. The number of rotatable bonds is 4. The average Bonchev–Trinajstić information content (AvgIpc) is 3.00. The van der Waals surface area contributed by atoms with Crippen LogP contribution in [0.15, 0.2) is 58.5 Å². The standard InChI is InChI=1S/C21H23FN4O2S/c1-16-20(15-23-25-13-11-24(2)12-14-25)19-5-3-4-6-21(19)26(16)29(27,28)18-9-7-17(22)8-10-18/h3-10,15H,11-14H2,1-2H3. The van der Waals surface area contributed by atoms with Gasteiger partial charge >= 0.3 is 0 Å². The normalized spacial score (nSPS) is 16.2. The van der Waals surface area contributed by atoms with Gasteiger partial charge < -0.3 is 4.90 Å². The molecule has 4 rings (SSSR count). The number of aromatic nitrogens is 1. The van der Waals surface area contributed by atoms with Crippen molar-refractivity contribution in [3.8, 4) is 0 Å². The van der Waals surface area contributed by atoms with Crippen LogP contribution in [0.5, 0.6) is 0 Å². The molecule has 1 aliphatic heterocycles. The summed E-state index contributed by atoms with van der Waals surface area (Å²) in [6.45, 7) is 5.32. The zero-order chi connectivity index (χ0) is 20.6. The van der Waals surface area contributed by atoms with Crippen LogP contribution < -0.4 is 0 Å². The zero-order valence-electron chi connectivity index (χ0n) is 16.4. The first-order valence-electron chi connectivity index (χ1n) is 9.46. The van der Waals surface area contributed by atoms with Crippen molar-refractivity contribution in [2.45, 2.75) is 11.8 Å². The van der Waals surface area contributed by atoms with Crippen molar-refractivity contribution in [3.05, 3.63) is 65.6 Å². The summed E-state index contributed by atoms with van der Waals surface area (Å²) in [6.07, 6.45) is 1.75. The first kappa shape index (κ1) is 19.6. The van der Waals surface area contributed by atoms with Gasteiger partial charge in [0, 0.05) is 42.8 Å². The van der Waals surface area contributed by atoms with E-state index in [0.717, 1.165) is 49.3 Å². The van der Waals surface area contributed by atoms with E-state index in [0.29, 0.717) is 11.2 Å². The highest BCUT2D eigenvalue weighted by molar-refractivity contribution is 7.90. The number of halogens is 1. The Morgan fingerprint density at radius 3 is 2.34 bits per heavy atom. The first-order chi connectivity index (χ1) is 13.9. The Hall–Kier alpha value is -2.71. The molecule has 6 nitrogen and oxygen atoms in total. The SMILES string of the molecule is Cc1c(C=NN2CCN(C)CC2)c2ccccc2n1S(=O)(=O)c1ccc(F)cc1. The fraction of sp³-hybridized carbons (Fsp3) is 0.286. The molecule has 8 heteroatoms. The lowest BCUT2D eigenvalue weighted by Gasteiger charge is -2.30. The number of para-hydroxylation sites is 1. The van der Waals surface area contributed by atoms with Crippen LogP contribution >= 0.6 is 0 Å².